The van der Waals surface area contributed by atoms with E-state index in [-0.39, 0.29) is 0 Å². The van der Waals surface area contributed by atoms with Gasteiger partial charge in [-0.2, -0.15) is 0 Å². The minimum atomic E-state index is 0.723. The van der Waals surface area contributed by atoms with Crippen molar-refractivity contribution in [3.63, 3.8) is 0 Å². The fourth-order valence-corrected chi connectivity index (χ4v) is 4.37. The maximum absolute atomic E-state index is 3.84. The molecule has 0 aromatic heterocycles. The van der Waals surface area contributed by atoms with Crippen LogP contribution in [0.2, 0.25) is 0 Å². The van der Waals surface area contributed by atoms with E-state index in [1.807, 2.05) is 0 Å². The molecule has 0 bridgehead atoms. The smallest absolute Gasteiger partial charge is 0.00684 e. The lowest BCUT2D eigenvalue weighted by Crippen LogP contribution is -2.34. The highest BCUT2D eigenvalue weighted by atomic mass is 15.0. The van der Waals surface area contributed by atoms with Crippen molar-refractivity contribution < 1.29 is 0 Å². The van der Waals surface area contributed by atoms with E-state index in [9.17, 15) is 0 Å². The third kappa shape index (κ3) is 3.97. The van der Waals surface area contributed by atoms with Crippen LogP contribution in [0.15, 0.2) is 0 Å². The molecule has 2 atom stereocenters. The lowest BCUT2D eigenvalue weighted by atomic mass is 9.78. The summed E-state index contributed by atoms with van der Waals surface area (Å²) in [5.74, 6) is 2.28. The van der Waals surface area contributed by atoms with Gasteiger partial charge in [-0.25, -0.2) is 0 Å². The maximum Gasteiger partial charge on any atom is 0.00684 e. The number of unbranched alkanes of at least 4 members (excludes halogenated alkanes) is 5. The highest BCUT2D eigenvalue weighted by Crippen LogP contribution is 2.61. The standard InChI is InChI=1S/C18H33N/c1-2-3-4-5-6-7-10-18(14-19-17-8-9-17)12-15-11-16(15)13-18/h15-17,19H,2-14H2,1H3. The highest BCUT2D eigenvalue weighted by Gasteiger charge is 2.53. The third-order valence-corrected chi connectivity index (χ3v) is 5.86. The van der Waals surface area contributed by atoms with Gasteiger partial charge in [-0.3, -0.25) is 0 Å². The molecule has 3 fully saturated rings. The van der Waals surface area contributed by atoms with E-state index in [1.165, 1.54) is 64.3 Å². The summed E-state index contributed by atoms with van der Waals surface area (Å²) in [6.45, 7) is 3.66. The first-order chi connectivity index (χ1) is 9.31. The number of hydrogen-bond donors (Lipinski definition) is 1. The molecule has 0 spiro atoms. The molecule has 0 aromatic rings. The molecule has 3 aliphatic rings. The molecule has 110 valence electrons. The molecule has 1 N–H and O–H groups in total. The molecule has 0 aromatic carbocycles. The van der Waals surface area contributed by atoms with Crippen LogP contribution < -0.4 is 5.32 Å². The average Bonchev–Trinajstić information content (AvgIpc) is 3.32. The van der Waals surface area contributed by atoms with Gasteiger partial charge in [0.2, 0.25) is 0 Å². The molecule has 3 rings (SSSR count). The Balaban J connectivity index is 1.36. The van der Waals surface area contributed by atoms with E-state index in [0.29, 0.717) is 0 Å². The van der Waals surface area contributed by atoms with Gasteiger partial charge in [0.05, 0.1) is 0 Å². The summed E-state index contributed by atoms with van der Waals surface area (Å²) >= 11 is 0. The second-order valence-corrected chi connectivity index (χ2v) is 7.84. The van der Waals surface area contributed by atoms with E-state index in [4.69, 9.17) is 0 Å². The van der Waals surface area contributed by atoms with E-state index in [0.717, 1.165) is 23.3 Å². The van der Waals surface area contributed by atoms with Gasteiger partial charge >= 0.3 is 0 Å². The van der Waals surface area contributed by atoms with Crippen LogP contribution in [0.4, 0.5) is 0 Å². The van der Waals surface area contributed by atoms with Crippen LogP contribution in [0.1, 0.15) is 84.0 Å². The van der Waals surface area contributed by atoms with Gasteiger partial charge in [0.15, 0.2) is 0 Å². The molecule has 0 radical (unpaired) electrons. The molecule has 0 amide bonds. The van der Waals surface area contributed by atoms with Gasteiger partial charge < -0.3 is 5.32 Å². The zero-order valence-electron chi connectivity index (χ0n) is 12.9. The Labute approximate surface area is 119 Å². The van der Waals surface area contributed by atoms with E-state index in [1.54, 1.807) is 19.3 Å². The highest BCUT2D eigenvalue weighted by molar-refractivity contribution is 5.04. The first-order valence-electron chi connectivity index (χ1n) is 9.05. The summed E-state index contributed by atoms with van der Waals surface area (Å²) in [6, 6.07) is 0.901. The Hall–Kier alpha value is -0.0400. The fourth-order valence-electron chi connectivity index (χ4n) is 4.37. The Kier molecular flexibility index (Phi) is 4.51. The molecule has 3 saturated carbocycles. The Bertz CT molecular complexity index is 271. The van der Waals surface area contributed by atoms with Crippen LogP contribution in [0.3, 0.4) is 0 Å². The number of rotatable bonds is 10. The van der Waals surface area contributed by atoms with Crippen molar-refractivity contribution in [2.24, 2.45) is 17.3 Å². The zero-order chi connectivity index (χ0) is 13.1. The first-order valence-corrected chi connectivity index (χ1v) is 9.05. The van der Waals surface area contributed by atoms with Gasteiger partial charge in [-0.05, 0) is 55.8 Å². The Morgan fingerprint density at radius 2 is 1.63 bits per heavy atom. The quantitative estimate of drug-likeness (QED) is 0.552. The topological polar surface area (TPSA) is 12.0 Å². The van der Waals surface area contributed by atoms with Crippen molar-refractivity contribution in [1.29, 1.82) is 0 Å². The maximum atomic E-state index is 3.84. The molecule has 3 aliphatic carbocycles. The normalized spacial score (nSPS) is 36.5. The molecule has 0 saturated heterocycles. The van der Waals surface area contributed by atoms with Gasteiger partial charge in [0.25, 0.3) is 0 Å². The molecular formula is C18H33N. The predicted molar refractivity (Wildman–Crippen MR) is 82.3 cm³/mol. The van der Waals surface area contributed by atoms with Crippen molar-refractivity contribution >= 4 is 0 Å². The largest absolute Gasteiger partial charge is 0.313 e. The van der Waals surface area contributed by atoms with Crippen molar-refractivity contribution in [3.05, 3.63) is 0 Å². The molecule has 1 heteroatoms. The monoisotopic (exact) mass is 263 g/mol. The van der Waals surface area contributed by atoms with E-state index in [2.05, 4.69) is 12.2 Å². The van der Waals surface area contributed by atoms with Gasteiger partial charge in [-0.15, -0.1) is 0 Å². The second kappa shape index (κ2) is 6.16. The van der Waals surface area contributed by atoms with Crippen molar-refractivity contribution in [2.75, 3.05) is 6.54 Å². The van der Waals surface area contributed by atoms with Crippen LogP contribution >= 0.6 is 0 Å². The van der Waals surface area contributed by atoms with Crippen molar-refractivity contribution in [1.82, 2.24) is 5.32 Å². The van der Waals surface area contributed by atoms with Crippen LogP contribution in [0, 0.1) is 17.3 Å². The Morgan fingerprint density at radius 1 is 0.947 bits per heavy atom. The summed E-state index contributed by atoms with van der Waals surface area (Å²) in [5.41, 5.74) is 0.723. The Morgan fingerprint density at radius 3 is 2.32 bits per heavy atom. The van der Waals surface area contributed by atoms with Crippen LogP contribution in [-0.4, -0.2) is 12.6 Å². The van der Waals surface area contributed by atoms with Crippen molar-refractivity contribution in [2.45, 2.75) is 90.0 Å². The summed E-state index contributed by atoms with van der Waals surface area (Å²) in [7, 11) is 0. The zero-order valence-corrected chi connectivity index (χ0v) is 12.9. The molecule has 0 heterocycles. The predicted octanol–water partition coefficient (Wildman–Crippen LogP) is 4.91. The van der Waals surface area contributed by atoms with Crippen molar-refractivity contribution in [3.8, 4) is 0 Å². The summed E-state index contributed by atoms with van der Waals surface area (Å²) in [4.78, 5) is 0. The molecule has 2 unspecified atom stereocenters. The lowest BCUT2D eigenvalue weighted by molar-refractivity contribution is 0.221. The molecule has 1 nitrogen and oxygen atoms in total. The number of hydrogen-bond acceptors (Lipinski definition) is 1. The van der Waals surface area contributed by atoms with Gasteiger partial charge in [-0.1, -0.05) is 45.4 Å². The lowest BCUT2D eigenvalue weighted by Gasteiger charge is -2.31. The minimum Gasteiger partial charge on any atom is -0.313 e. The van der Waals surface area contributed by atoms with Crippen LogP contribution in [0.25, 0.3) is 0 Å². The van der Waals surface area contributed by atoms with Gasteiger partial charge in [0, 0.05) is 12.6 Å². The summed E-state index contributed by atoms with van der Waals surface area (Å²) < 4.78 is 0. The minimum absolute atomic E-state index is 0.723. The molecule has 19 heavy (non-hydrogen) atoms. The van der Waals surface area contributed by atoms with E-state index >= 15 is 0 Å². The van der Waals surface area contributed by atoms with Gasteiger partial charge in [0.1, 0.15) is 0 Å². The average molecular weight is 263 g/mol. The van der Waals surface area contributed by atoms with Crippen LogP contribution in [-0.2, 0) is 0 Å². The molecule has 0 aliphatic heterocycles. The first kappa shape index (κ1) is 13.9. The van der Waals surface area contributed by atoms with E-state index < -0.39 is 0 Å². The number of nitrogens with one attached hydrogen (secondary N) is 1. The fraction of sp³-hybridized carbons (Fsp3) is 1.00. The summed E-state index contributed by atoms with van der Waals surface area (Å²) in [5, 5.41) is 3.84. The molecular weight excluding hydrogens is 230 g/mol. The number of fused-ring (bicyclic) bond motifs is 1. The SMILES string of the molecule is CCCCCCCCC1(CNC2CC2)CC2CC2C1. The van der Waals surface area contributed by atoms with Crippen LogP contribution in [0.5, 0.6) is 0 Å². The summed E-state index contributed by atoms with van der Waals surface area (Å²) in [6.07, 6.45) is 17.8. The second-order valence-electron chi connectivity index (χ2n) is 7.84. The third-order valence-electron chi connectivity index (χ3n) is 5.86.